The zero-order valence-corrected chi connectivity index (χ0v) is 21.5. The molecule has 39 heavy (non-hydrogen) atoms. The molecule has 2 aromatic carbocycles. The van der Waals surface area contributed by atoms with Gasteiger partial charge in [0.05, 0.1) is 23.8 Å². The summed E-state index contributed by atoms with van der Waals surface area (Å²) < 4.78 is 49.7. The van der Waals surface area contributed by atoms with Gasteiger partial charge in [-0.15, -0.1) is 0 Å². The van der Waals surface area contributed by atoms with E-state index in [2.05, 4.69) is 10.2 Å². The highest BCUT2D eigenvalue weighted by Crippen LogP contribution is 2.35. The molecule has 1 unspecified atom stereocenters. The van der Waals surface area contributed by atoms with Gasteiger partial charge in [0.25, 0.3) is 5.91 Å². The predicted octanol–water partition coefficient (Wildman–Crippen LogP) is 4.31. The molecule has 210 valence electrons. The molecular weight excluding hydrogens is 515 g/mol. The second-order valence-corrected chi connectivity index (χ2v) is 10.6. The Morgan fingerprint density at radius 3 is 2.44 bits per heavy atom. The summed E-state index contributed by atoms with van der Waals surface area (Å²) in [6, 6.07) is 9.95. The molecule has 2 aromatic rings. The molecule has 1 atom stereocenters. The van der Waals surface area contributed by atoms with Crippen molar-refractivity contribution in [3.63, 3.8) is 0 Å². The van der Waals surface area contributed by atoms with Crippen LogP contribution in [-0.2, 0) is 28.7 Å². The number of piperidine rings is 1. The van der Waals surface area contributed by atoms with Crippen LogP contribution in [0.5, 0.6) is 5.75 Å². The van der Waals surface area contributed by atoms with Crippen molar-refractivity contribution in [3.8, 4) is 5.75 Å². The predicted molar refractivity (Wildman–Crippen MR) is 135 cm³/mol. The minimum Gasteiger partial charge on any atom is -0.507 e. The maximum Gasteiger partial charge on any atom is 0.416 e. The maximum absolute atomic E-state index is 12.8. The number of ether oxygens (including phenoxy) is 2. The summed E-state index contributed by atoms with van der Waals surface area (Å²) in [6.07, 6.45) is -1.67. The summed E-state index contributed by atoms with van der Waals surface area (Å²) >= 11 is 0. The number of phenolic OH excluding ortho intramolecular Hbond substituents is 1. The van der Waals surface area contributed by atoms with E-state index in [1.54, 1.807) is 17.0 Å². The van der Waals surface area contributed by atoms with Gasteiger partial charge in [-0.3, -0.25) is 14.6 Å². The largest absolute Gasteiger partial charge is 0.507 e. The number of alkyl halides is 3. The van der Waals surface area contributed by atoms with Gasteiger partial charge in [-0.1, -0.05) is 18.2 Å². The van der Waals surface area contributed by atoms with Gasteiger partial charge < -0.3 is 19.9 Å². The normalized spacial score (nSPS) is 21.4. The highest BCUT2D eigenvalue weighted by Gasteiger charge is 2.46. The minimum absolute atomic E-state index is 0.000506. The third-order valence-corrected chi connectivity index (χ3v) is 7.69. The Balaban J connectivity index is 1.12. The van der Waals surface area contributed by atoms with Crippen molar-refractivity contribution in [3.05, 3.63) is 64.7 Å². The Labute approximate surface area is 224 Å². The van der Waals surface area contributed by atoms with Crippen LogP contribution in [0.25, 0.3) is 0 Å². The first kappa shape index (κ1) is 27.3. The van der Waals surface area contributed by atoms with Crippen LogP contribution in [0.2, 0.25) is 0 Å². The third kappa shape index (κ3) is 6.47. The standard InChI is InChI=1S/C28H32F3N3O5/c29-28(30,31)21-6-3-19(4-7-21)16-33-11-9-27(10-12-33)18-34(26(37)39-27)17-20-5-8-23(24(35)14-20)25(36)32-15-22-2-1-13-38-22/h3-8,14,22,35H,1-2,9-13,15-18H2,(H,32,36). The molecule has 0 radical (unpaired) electrons. The zero-order valence-electron chi connectivity index (χ0n) is 21.5. The number of likely N-dealkylation sites (tertiary alicyclic amines) is 1. The van der Waals surface area contributed by atoms with E-state index < -0.39 is 23.4 Å². The van der Waals surface area contributed by atoms with E-state index >= 15 is 0 Å². The van der Waals surface area contributed by atoms with Crippen LogP contribution < -0.4 is 5.32 Å². The van der Waals surface area contributed by atoms with Crippen LogP contribution >= 0.6 is 0 Å². The average molecular weight is 548 g/mol. The van der Waals surface area contributed by atoms with Crippen molar-refractivity contribution in [2.24, 2.45) is 0 Å². The van der Waals surface area contributed by atoms with E-state index in [9.17, 15) is 27.9 Å². The van der Waals surface area contributed by atoms with Crippen LogP contribution in [0.4, 0.5) is 18.0 Å². The second kappa shape index (κ2) is 11.1. The number of carbonyl (C=O) groups is 2. The molecule has 3 fully saturated rings. The summed E-state index contributed by atoms with van der Waals surface area (Å²) in [5.41, 5.74) is 0.363. The van der Waals surface area contributed by atoms with Crippen molar-refractivity contribution in [1.29, 1.82) is 0 Å². The highest BCUT2D eigenvalue weighted by molar-refractivity contribution is 5.96. The Morgan fingerprint density at radius 2 is 1.79 bits per heavy atom. The van der Waals surface area contributed by atoms with Crippen LogP contribution in [0.1, 0.15) is 52.7 Å². The Bertz CT molecular complexity index is 1190. The SMILES string of the molecule is O=C(NCC1CCCO1)c1ccc(CN2CC3(CCN(Cc4ccc(C(F)(F)F)cc4)CC3)OC2=O)cc1O. The highest BCUT2D eigenvalue weighted by atomic mass is 19.4. The average Bonchev–Trinajstić information content (AvgIpc) is 3.52. The molecule has 0 aliphatic carbocycles. The van der Waals surface area contributed by atoms with E-state index in [0.29, 0.717) is 57.7 Å². The monoisotopic (exact) mass is 547 g/mol. The lowest BCUT2D eigenvalue weighted by molar-refractivity contribution is -0.137. The summed E-state index contributed by atoms with van der Waals surface area (Å²) in [6.45, 7) is 3.56. The number of benzene rings is 2. The van der Waals surface area contributed by atoms with Crippen molar-refractivity contribution in [1.82, 2.24) is 15.1 Å². The van der Waals surface area contributed by atoms with Gasteiger partial charge in [-0.25, -0.2) is 4.79 Å². The van der Waals surface area contributed by atoms with E-state index in [-0.39, 0.29) is 29.9 Å². The fourth-order valence-electron chi connectivity index (χ4n) is 5.45. The number of carbonyl (C=O) groups excluding carboxylic acids is 2. The molecular formula is C28H32F3N3O5. The number of nitrogens with one attached hydrogen (secondary N) is 1. The molecule has 2 N–H and O–H groups in total. The van der Waals surface area contributed by atoms with E-state index in [0.717, 1.165) is 30.5 Å². The number of amides is 2. The van der Waals surface area contributed by atoms with Crippen molar-refractivity contribution in [2.75, 3.05) is 32.8 Å². The lowest BCUT2D eigenvalue weighted by Gasteiger charge is -2.37. The number of hydrogen-bond acceptors (Lipinski definition) is 6. The lowest BCUT2D eigenvalue weighted by Crippen LogP contribution is -2.46. The summed E-state index contributed by atoms with van der Waals surface area (Å²) in [4.78, 5) is 28.9. The molecule has 5 rings (SSSR count). The quantitative estimate of drug-likeness (QED) is 0.537. The van der Waals surface area contributed by atoms with Gasteiger partial charge in [0.1, 0.15) is 11.4 Å². The summed E-state index contributed by atoms with van der Waals surface area (Å²) in [7, 11) is 0. The van der Waals surface area contributed by atoms with Gasteiger partial charge in [-0.2, -0.15) is 13.2 Å². The maximum atomic E-state index is 12.8. The first-order chi connectivity index (χ1) is 18.6. The molecule has 3 heterocycles. The van der Waals surface area contributed by atoms with E-state index in [1.165, 1.54) is 18.2 Å². The number of rotatable bonds is 7. The summed E-state index contributed by atoms with van der Waals surface area (Å²) in [5.74, 6) is -0.534. The molecule has 0 saturated carbocycles. The third-order valence-electron chi connectivity index (χ3n) is 7.69. The fourth-order valence-corrected chi connectivity index (χ4v) is 5.45. The molecule has 3 aliphatic heterocycles. The topological polar surface area (TPSA) is 91.3 Å². The van der Waals surface area contributed by atoms with Gasteiger partial charge in [0.15, 0.2) is 0 Å². The van der Waals surface area contributed by atoms with Gasteiger partial charge >= 0.3 is 12.3 Å². The number of halogens is 3. The van der Waals surface area contributed by atoms with Crippen LogP contribution in [0.15, 0.2) is 42.5 Å². The molecule has 8 nitrogen and oxygen atoms in total. The van der Waals surface area contributed by atoms with Gasteiger partial charge in [0, 0.05) is 52.2 Å². The molecule has 2 amide bonds. The zero-order chi connectivity index (χ0) is 27.6. The first-order valence-electron chi connectivity index (χ1n) is 13.2. The van der Waals surface area contributed by atoms with E-state index in [1.807, 2.05) is 0 Å². The van der Waals surface area contributed by atoms with Crippen molar-refractivity contribution < 1.29 is 37.3 Å². The van der Waals surface area contributed by atoms with Crippen LogP contribution in [-0.4, -0.2) is 71.4 Å². The number of aromatic hydroxyl groups is 1. The van der Waals surface area contributed by atoms with Crippen LogP contribution in [0, 0.1) is 0 Å². The Morgan fingerprint density at radius 1 is 1.08 bits per heavy atom. The smallest absolute Gasteiger partial charge is 0.416 e. The number of phenols is 1. The molecule has 0 bridgehead atoms. The summed E-state index contributed by atoms with van der Waals surface area (Å²) in [5, 5.41) is 13.2. The van der Waals surface area contributed by atoms with Crippen LogP contribution in [0.3, 0.4) is 0 Å². The molecule has 3 saturated heterocycles. The van der Waals surface area contributed by atoms with Gasteiger partial charge in [-0.05, 0) is 48.2 Å². The molecule has 11 heteroatoms. The lowest BCUT2D eigenvalue weighted by atomic mass is 9.91. The molecule has 1 spiro atoms. The van der Waals surface area contributed by atoms with E-state index in [4.69, 9.17) is 9.47 Å². The number of nitrogens with zero attached hydrogens (tertiary/aromatic N) is 2. The second-order valence-electron chi connectivity index (χ2n) is 10.6. The first-order valence-corrected chi connectivity index (χ1v) is 13.2. The van der Waals surface area contributed by atoms with Gasteiger partial charge in [0.2, 0.25) is 0 Å². The van der Waals surface area contributed by atoms with Crippen molar-refractivity contribution >= 4 is 12.0 Å². The number of hydrogen-bond donors (Lipinski definition) is 2. The molecule has 3 aliphatic rings. The fraction of sp³-hybridized carbons (Fsp3) is 0.500. The Kier molecular flexibility index (Phi) is 7.73. The minimum atomic E-state index is -4.35. The van der Waals surface area contributed by atoms with Crippen molar-refractivity contribution in [2.45, 2.75) is 56.7 Å². The molecule has 0 aromatic heterocycles. The Hall–Kier alpha value is -3.31.